The first kappa shape index (κ1) is 11.8. The number of anilines is 1. The maximum Gasteiger partial charge on any atom is 0.152 e. The highest BCUT2D eigenvalue weighted by atomic mass is 35.5. The second kappa shape index (κ2) is 4.78. The summed E-state index contributed by atoms with van der Waals surface area (Å²) < 4.78 is 7.53. The van der Waals surface area contributed by atoms with Gasteiger partial charge < -0.3 is 14.0 Å². The monoisotopic (exact) mass is 265 g/mol. The van der Waals surface area contributed by atoms with Crippen LogP contribution in [0.1, 0.15) is 12.6 Å². The molecule has 0 spiro atoms. The second-order valence-electron chi connectivity index (χ2n) is 4.56. The highest BCUT2D eigenvalue weighted by molar-refractivity contribution is 6.17. The van der Waals surface area contributed by atoms with E-state index in [0.29, 0.717) is 11.9 Å². The molecule has 3 rings (SSSR count). The van der Waals surface area contributed by atoms with E-state index in [0.717, 1.165) is 36.9 Å². The molecule has 0 amide bonds. The molecule has 0 aromatic carbocycles. The fraction of sp³-hybridized carbons (Fsp3) is 0.462. The first-order valence-electron chi connectivity index (χ1n) is 6.17. The molecule has 2 aromatic heterocycles. The Balaban J connectivity index is 2.10. The highest BCUT2D eigenvalue weighted by Crippen LogP contribution is 2.26. The number of ether oxygens (including phenoxy) is 1. The maximum absolute atomic E-state index is 6.10. The molecule has 0 bridgehead atoms. The van der Waals surface area contributed by atoms with E-state index in [9.17, 15) is 0 Å². The van der Waals surface area contributed by atoms with Crippen molar-refractivity contribution in [3.8, 4) is 0 Å². The third-order valence-electron chi connectivity index (χ3n) is 3.37. The molecular weight excluding hydrogens is 250 g/mol. The van der Waals surface area contributed by atoms with Crippen LogP contribution in [-0.2, 0) is 10.6 Å². The van der Waals surface area contributed by atoms with Crippen molar-refractivity contribution >= 4 is 23.1 Å². The van der Waals surface area contributed by atoms with Crippen LogP contribution in [0.2, 0.25) is 0 Å². The number of aromatic nitrogens is 2. The van der Waals surface area contributed by atoms with E-state index in [1.165, 1.54) is 0 Å². The molecule has 2 aromatic rings. The summed E-state index contributed by atoms with van der Waals surface area (Å²) in [4.78, 5) is 6.99. The average molecular weight is 266 g/mol. The summed E-state index contributed by atoms with van der Waals surface area (Å²) in [5.41, 5.74) is 2.00. The van der Waals surface area contributed by atoms with Crippen LogP contribution in [-0.4, -0.2) is 35.2 Å². The molecule has 1 aliphatic heterocycles. The number of pyridine rings is 1. The van der Waals surface area contributed by atoms with Gasteiger partial charge in [0.05, 0.1) is 30.8 Å². The molecule has 3 heterocycles. The molecule has 0 N–H and O–H groups in total. The molecule has 0 radical (unpaired) electrons. The molecule has 1 fully saturated rings. The van der Waals surface area contributed by atoms with Gasteiger partial charge in [-0.3, -0.25) is 0 Å². The zero-order chi connectivity index (χ0) is 12.5. The van der Waals surface area contributed by atoms with Gasteiger partial charge >= 0.3 is 0 Å². The highest BCUT2D eigenvalue weighted by Gasteiger charge is 2.24. The smallest absolute Gasteiger partial charge is 0.152 e. The molecule has 1 aliphatic rings. The Bertz CT molecular complexity index is 554. The van der Waals surface area contributed by atoms with E-state index in [1.807, 2.05) is 24.4 Å². The van der Waals surface area contributed by atoms with Gasteiger partial charge in [0.25, 0.3) is 0 Å². The summed E-state index contributed by atoms with van der Waals surface area (Å²) in [6.07, 6.45) is 2.01. The van der Waals surface area contributed by atoms with Crippen LogP contribution in [0.15, 0.2) is 24.4 Å². The Hall–Kier alpha value is -1.26. The number of morpholine rings is 1. The van der Waals surface area contributed by atoms with Gasteiger partial charge in [-0.25, -0.2) is 4.98 Å². The number of halogens is 1. The zero-order valence-electron chi connectivity index (χ0n) is 10.3. The normalized spacial score (nSPS) is 20.6. The van der Waals surface area contributed by atoms with Crippen LogP contribution in [0.3, 0.4) is 0 Å². The predicted octanol–water partition coefficient (Wildman–Crippen LogP) is 2.30. The van der Waals surface area contributed by atoms with E-state index in [2.05, 4.69) is 16.2 Å². The Morgan fingerprint density at radius 3 is 3.17 bits per heavy atom. The molecule has 0 saturated carbocycles. The van der Waals surface area contributed by atoms with Gasteiger partial charge in [-0.15, -0.1) is 11.6 Å². The third kappa shape index (κ3) is 1.85. The van der Waals surface area contributed by atoms with E-state index >= 15 is 0 Å². The lowest BCUT2D eigenvalue weighted by Crippen LogP contribution is -2.44. The molecule has 1 unspecified atom stereocenters. The Morgan fingerprint density at radius 1 is 1.50 bits per heavy atom. The fourth-order valence-electron chi connectivity index (χ4n) is 2.43. The molecular formula is C13H16ClN3O. The van der Waals surface area contributed by atoms with Crippen molar-refractivity contribution in [3.05, 3.63) is 30.1 Å². The first-order valence-corrected chi connectivity index (χ1v) is 6.71. The third-order valence-corrected chi connectivity index (χ3v) is 3.63. The average Bonchev–Trinajstić information content (AvgIpc) is 2.77. The lowest BCUT2D eigenvalue weighted by Gasteiger charge is -2.34. The number of fused-ring (bicyclic) bond motifs is 1. The van der Waals surface area contributed by atoms with Crippen LogP contribution in [0.5, 0.6) is 0 Å². The quantitative estimate of drug-likeness (QED) is 0.781. The van der Waals surface area contributed by atoms with Gasteiger partial charge in [0.15, 0.2) is 5.82 Å². The molecule has 96 valence electrons. The molecule has 1 atom stereocenters. The van der Waals surface area contributed by atoms with Crippen molar-refractivity contribution in [2.45, 2.75) is 18.8 Å². The number of alkyl halides is 1. The summed E-state index contributed by atoms with van der Waals surface area (Å²) in [6.45, 7) is 4.52. The number of nitrogens with zero attached hydrogens (tertiary/aromatic N) is 3. The van der Waals surface area contributed by atoms with Crippen molar-refractivity contribution in [1.82, 2.24) is 9.38 Å². The predicted molar refractivity (Wildman–Crippen MR) is 72.4 cm³/mol. The number of hydrogen-bond acceptors (Lipinski definition) is 3. The number of rotatable bonds is 2. The standard InChI is InChI=1S/C13H16ClN3O/c1-10-9-18-7-6-16(10)13-11(8-14)17-5-3-2-4-12(17)15-13/h2-5,10H,6-9H2,1H3. The van der Waals surface area contributed by atoms with Crippen LogP contribution < -0.4 is 4.90 Å². The summed E-state index contributed by atoms with van der Waals surface area (Å²) in [7, 11) is 0. The molecule has 0 aliphatic carbocycles. The lowest BCUT2D eigenvalue weighted by atomic mass is 10.2. The Labute approximate surface area is 111 Å². The second-order valence-corrected chi connectivity index (χ2v) is 4.83. The van der Waals surface area contributed by atoms with Crippen LogP contribution in [0, 0.1) is 0 Å². The van der Waals surface area contributed by atoms with Gasteiger partial charge in [0.2, 0.25) is 0 Å². The number of imidazole rings is 1. The van der Waals surface area contributed by atoms with Gasteiger partial charge in [-0.2, -0.15) is 0 Å². The van der Waals surface area contributed by atoms with E-state index < -0.39 is 0 Å². The van der Waals surface area contributed by atoms with Crippen LogP contribution in [0.25, 0.3) is 5.65 Å². The van der Waals surface area contributed by atoms with Gasteiger partial charge in [0.1, 0.15) is 5.65 Å². The topological polar surface area (TPSA) is 29.8 Å². The lowest BCUT2D eigenvalue weighted by molar-refractivity contribution is 0.0985. The summed E-state index contributed by atoms with van der Waals surface area (Å²) in [5.74, 6) is 1.46. The van der Waals surface area contributed by atoms with Crippen LogP contribution >= 0.6 is 11.6 Å². The minimum absolute atomic E-state index is 0.339. The Morgan fingerprint density at radius 2 is 2.39 bits per heavy atom. The molecule has 18 heavy (non-hydrogen) atoms. The molecule has 1 saturated heterocycles. The molecule has 5 heteroatoms. The van der Waals surface area contributed by atoms with Crippen LogP contribution in [0.4, 0.5) is 5.82 Å². The summed E-state index contributed by atoms with van der Waals surface area (Å²) >= 11 is 6.10. The minimum Gasteiger partial charge on any atom is -0.377 e. The van der Waals surface area contributed by atoms with Crippen molar-refractivity contribution in [3.63, 3.8) is 0 Å². The van der Waals surface area contributed by atoms with Gasteiger partial charge in [-0.1, -0.05) is 6.07 Å². The maximum atomic E-state index is 6.10. The van der Waals surface area contributed by atoms with E-state index in [4.69, 9.17) is 21.3 Å². The zero-order valence-corrected chi connectivity index (χ0v) is 11.1. The van der Waals surface area contributed by atoms with Crippen molar-refractivity contribution in [2.24, 2.45) is 0 Å². The van der Waals surface area contributed by atoms with E-state index in [-0.39, 0.29) is 0 Å². The molecule has 4 nitrogen and oxygen atoms in total. The fourth-order valence-corrected chi connectivity index (χ4v) is 2.68. The SMILES string of the molecule is CC1COCCN1c1nc2ccccn2c1CCl. The van der Waals surface area contributed by atoms with Crippen molar-refractivity contribution in [1.29, 1.82) is 0 Å². The van der Waals surface area contributed by atoms with Gasteiger partial charge in [0, 0.05) is 12.7 Å². The largest absolute Gasteiger partial charge is 0.377 e. The van der Waals surface area contributed by atoms with Crippen molar-refractivity contribution < 1.29 is 4.74 Å². The van der Waals surface area contributed by atoms with Crippen molar-refractivity contribution in [2.75, 3.05) is 24.7 Å². The van der Waals surface area contributed by atoms with Gasteiger partial charge in [-0.05, 0) is 19.1 Å². The summed E-state index contributed by atoms with van der Waals surface area (Å²) in [5, 5.41) is 0. The summed E-state index contributed by atoms with van der Waals surface area (Å²) in [6, 6.07) is 6.33. The Kier molecular flexibility index (Phi) is 3.14. The minimum atomic E-state index is 0.339. The number of hydrogen-bond donors (Lipinski definition) is 0. The first-order chi connectivity index (χ1) is 8.81. The van der Waals surface area contributed by atoms with E-state index in [1.54, 1.807) is 0 Å².